The number of unbranched alkanes of at least 4 members (excludes halogenated alkanes) is 6. The Bertz CT molecular complexity index is 49.5. The van der Waals surface area contributed by atoms with E-state index in [4.69, 9.17) is 0 Å². The standard InChI is InChI=1S/C9H19.FH.K/c1-3-5-7-9-8-6-4-2;;/h1,3-9H2,2H3;1H;. The van der Waals surface area contributed by atoms with Crippen LogP contribution in [0.5, 0.6) is 0 Å². The van der Waals surface area contributed by atoms with Crippen molar-refractivity contribution in [2.45, 2.75) is 52.4 Å². The van der Waals surface area contributed by atoms with Gasteiger partial charge in [0.25, 0.3) is 0 Å². The Kier molecular flexibility index (Phi) is 19.3. The SMILES string of the molecule is CCCCCCCC[CH2][K].F. The molecule has 0 aromatic carbocycles. The molecule has 11 heavy (non-hydrogen) atoms. The van der Waals surface area contributed by atoms with Gasteiger partial charge in [-0.1, -0.05) is 0 Å². The molecule has 0 bridgehead atoms. The van der Waals surface area contributed by atoms with Crippen LogP contribution in [-0.4, -0.2) is 49.0 Å². The minimum Gasteiger partial charge on any atom is -0.269 e. The summed E-state index contributed by atoms with van der Waals surface area (Å²) in [5.74, 6) is 0. The van der Waals surface area contributed by atoms with Gasteiger partial charge >= 0.3 is 101 Å². The summed E-state index contributed by atoms with van der Waals surface area (Å²) in [6.45, 7) is 2.28. The molecule has 0 rings (SSSR count). The molecular formula is C9H20FK. The van der Waals surface area contributed by atoms with Crippen LogP contribution in [-0.2, 0) is 0 Å². The summed E-state index contributed by atoms with van der Waals surface area (Å²) >= 11 is 1.11. The summed E-state index contributed by atoms with van der Waals surface area (Å²) in [7, 11) is 0. The zero-order valence-corrected chi connectivity index (χ0v) is 11.2. The summed E-state index contributed by atoms with van der Waals surface area (Å²) in [6, 6.07) is 0. The molecule has 64 valence electrons. The molecular weight excluding hydrogens is 166 g/mol. The predicted octanol–water partition coefficient (Wildman–Crippen LogP) is 3.48. The normalized spacial score (nSPS) is 9.36. The third-order valence-corrected chi connectivity index (χ3v) is 3.06. The smallest absolute Gasteiger partial charge is 0.269 e. The van der Waals surface area contributed by atoms with E-state index in [9.17, 15) is 0 Å². The maximum atomic E-state index is 2.28. The van der Waals surface area contributed by atoms with E-state index >= 15 is 0 Å². The molecule has 0 amide bonds. The van der Waals surface area contributed by atoms with E-state index < -0.39 is 0 Å². The van der Waals surface area contributed by atoms with Gasteiger partial charge in [-0.2, -0.15) is 0 Å². The molecule has 0 aliphatic rings. The third kappa shape index (κ3) is 14.4. The van der Waals surface area contributed by atoms with E-state index in [1.165, 1.54) is 44.9 Å². The first-order chi connectivity index (χ1) is 4.91. The summed E-state index contributed by atoms with van der Waals surface area (Å²) in [5, 5.41) is 0. The first-order valence-corrected chi connectivity index (χ1v) is 7.12. The van der Waals surface area contributed by atoms with E-state index in [0.29, 0.717) is 0 Å². The van der Waals surface area contributed by atoms with Gasteiger partial charge in [-0.05, 0) is 0 Å². The summed E-state index contributed by atoms with van der Waals surface area (Å²) in [6.07, 6.45) is 10.3. The van der Waals surface area contributed by atoms with Crippen molar-refractivity contribution in [3.05, 3.63) is 0 Å². The van der Waals surface area contributed by atoms with Gasteiger partial charge in [-0.15, -0.1) is 0 Å². The second kappa shape index (κ2) is 14.1. The molecule has 0 spiro atoms. The second-order valence-electron chi connectivity index (χ2n) is 3.12. The van der Waals surface area contributed by atoms with Gasteiger partial charge in [0.2, 0.25) is 0 Å². The summed E-state index contributed by atoms with van der Waals surface area (Å²) < 4.78 is 1.56. The Balaban J connectivity index is 0. The van der Waals surface area contributed by atoms with Gasteiger partial charge in [-0.25, -0.2) is 0 Å². The molecule has 0 unspecified atom stereocenters. The quantitative estimate of drug-likeness (QED) is 0.422. The fraction of sp³-hybridized carbons (Fsp3) is 1.00. The van der Waals surface area contributed by atoms with E-state index in [1.54, 1.807) is 0.515 Å². The summed E-state index contributed by atoms with van der Waals surface area (Å²) in [5.41, 5.74) is 0. The van der Waals surface area contributed by atoms with Crippen molar-refractivity contribution >= 4 is 49.0 Å². The van der Waals surface area contributed by atoms with Gasteiger partial charge in [0.05, 0.1) is 0 Å². The largest absolute Gasteiger partial charge is 0.269 e. The average Bonchev–Trinajstić information content (AvgIpc) is 1.97. The van der Waals surface area contributed by atoms with Crippen LogP contribution in [0.3, 0.4) is 0 Å². The topological polar surface area (TPSA) is 0 Å². The van der Waals surface area contributed by atoms with Gasteiger partial charge in [0.15, 0.2) is 0 Å². The first kappa shape index (κ1) is 15.1. The molecule has 0 heterocycles. The van der Waals surface area contributed by atoms with Crippen molar-refractivity contribution in [1.29, 1.82) is 0 Å². The van der Waals surface area contributed by atoms with Crippen molar-refractivity contribution in [2.75, 3.05) is 0 Å². The van der Waals surface area contributed by atoms with E-state index in [1.807, 2.05) is 0 Å². The van der Waals surface area contributed by atoms with E-state index in [2.05, 4.69) is 6.92 Å². The zero-order valence-electron chi connectivity index (χ0n) is 8.07. The average molecular weight is 186 g/mol. The molecule has 0 N–H and O–H groups in total. The summed E-state index contributed by atoms with van der Waals surface area (Å²) in [4.78, 5) is 0. The fourth-order valence-corrected chi connectivity index (χ4v) is 1.99. The minimum absolute atomic E-state index is 0. The van der Waals surface area contributed by atoms with Crippen molar-refractivity contribution in [1.82, 2.24) is 0 Å². The van der Waals surface area contributed by atoms with Crippen LogP contribution in [0.15, 0.2) is 0 Å². The predicted molar refractivity (Wildman–Crippen MR) is 51.1 cm³/mol. The van der Waals surface area contributed by atoms with Crippen molar-refractivity contribution in [3.63, 3.8) is 0 Å². The third-order valence-electron chi connectivity index (χ3n) is 1.96. The van der Waals surface area contributed by atoms with Crippen LogP contribution < -0.4 is 0 Å². The molecule has 0 aliphatic heterocycles. The Hall–Kier alpha value is 1.57. The van der Waals surface area contributed by atoms with Crippen molar-refractivity contribution < 1.29 is 4.70 Å². The molecule has 0 radical (unpaired) electrons. The second-order valence-corrected chi connectivity index (χ2v) is 4.68. The molecule has 0 fully saturated rings. The molecule has 0 nitrogen and oxygen atoms in total. The van der Waals surface area contributed by atoms with E-state index in [0.717, 1.165) is 49.0 Å². The first-order valence-electron chi connectivity index (χ1n) is 4.91. The number of hydrogen-bond acceptors (Lipinski definition) is 0. The van der Waals surface area contributed by atoms with Crippen LogP contribution in [0, 0.1) is 0 Å². The van der Waals surface area contributed by atoms with Crippen LogP contribution in [0.4, 0.5) is 4.70 Å². The molecule has 2 heteroatoms. The zero-order chi connectivity index (χ0) is 7.66. The Morgan fingerprint density at radius 1 is 0.818 bits per heavy atom. The molecule has 0 aromatic rings. The molecule has 0 saturated carbocycles. The molecule has 0 saturated heterocycles. The van der Waals surface area contributed by atoms with Gasteiger partial charge < -0.3 is 0 Å². The van der Waals surface area contributed by atoms with E-state index in [-0.39, 0.29) is 4.70 Å². The van der Waals surface area contributed by atoms with Crippen molar-refractivity contribution in [3.8, 4) is 0 Å². The van der Waals surface area contributed by atoms with Crippen LogP contribution in [0.1, 0.15) is 51.9 Å². The van der Waals surface area contributed by atoms with Crippen LogP contribution >= 0.6 is 0 Å². The molecule has 0 atom stereocenters. The Labute approximate surface area is 104 Å². The Morgan fingerprint density at radius 2 is 1.27 bits per heavy atom. The van der Waals surface area contributed by atoms with Crippen LogP contribution in [0.25, 0.3) is 0 Å². The van der Waals surface area contributed by atoms with Crippen molar-refractivity contribution in [2.24, 2.45) is 0 Å². The molecule has 0 aromatic heterocycles. The monoisotopic (exact) mass is 186 g/mol. The Morgan fingerprint density at radius 3 is 1.73 bits per heavy atom. The number of halogens is 1. The number of hydrogen-bond donors (Lipinski definition) is 0. The van der Waals surface area contributed by atoms with Gasteiger partial charge in [0, 0.05) is 0 Å². The minimum atomic E-state index is 0. The number of rotatable bonds is 7. The van der Waals surface area contributed by atoms with Crippen LogP contribution in [0.2, 0.25) is 0.515 Å². The van der Waals surface area contributed by atoms with Gasteiger partial charge in [-0.3, -0.25) is 4.70 Å². The maximum absolute atomic E-state index is 2.28. The molecule has 0 aliphatic carbocycles. The maximum Gasteiger partial charge on any atom is -0.269 e. The fourth-order valence-electron chi connectivity index (χ4n) is 1.21. The van der Waals surface area contributed by atoms with Gasteiger partial charge in [0.1, 0.15) is 0 Å².